The molecular weight excluding hydrogens is 223 g/mol. The van der Waals surface area contributed by atoms with Crippen molar-refractivity contribution in [2.45, 2.75) is 13.8 Å². The Kier molecular flexibility index (Phi) is 6.04. The van der Waals surface area contributed by atoms with Crippen molar-refractivity contribution in [1.29, 1.82) is 0 Å². The first-order valence-corrected chi connectivity index (χ1v) is 4.00. The summed E-state index contributed by atoms with van der Waals surface area (Å²) in [5.74, 6) is 0. The molecule has 0 radical (unpaired) electrons. The zero-order valence-corrected chi connectivity index (χ0v) is 7.92. The molecule has 0 saturated heterocycles. The van der Waals surface area contributed by atoms with Crippen LogP contribution in [0.1, 0.15) is 13.8 Å². The van der Waals surface area contributed by atoms with E-state index in [1.807, 2.05) is 32.1 Å². The third kappa shape index (κ3) is 5.83. The van der Waals surface area contributed by atoms with Gasteiger partial charge in [0, 0.05) is 3.58 Å². The highest BCUT2D eigenvalue weighted by Crippen LogP contribution is 2.05. The van der Waals surface area contributed by atoms with Crippen molar-refractivity contribution in [3.05, 3.63) is 34.0 Å². The molecule has 0 aliphatic carbocycles. The van der Waals surface area contributed by atoms with E-state index in [0.717, 1.165) is 0 Å². The first-order valence-electron chi connectivity index (χ1n) is 2.92. The molecule has 0 fully saturated rings. The lowest BCUT2D eigenvalue weighted by molar-refractivity contribution is 1.70. The SMILES string of the molecule is C\C=C/C=C\C(I)=C/C. The van der Waals surface area contributed by atoms with Crippen molar-refractivity contribution < 1.29 is 0 Å². The minimum absolute atomic E-state index is 1.27. The smallest absolute Gasteiger partial charge is 0.00871 e. The van der Waals surface area contributed by atoms with Crippen LogP contribution in [0.2, 0.25) is 0 Å². The largest absolute Gasteiger partial charge is 0.0877 e. The van der Waals surface area contributed by atoms with E-state index in [0.29, 0.717) is 0 Å². The van der Waals surface area contributed by atoms with Gasteiger partial charge in [-0.1, -0.05) is 24.3 Å². The van der Waals surface area contributed by atoms with E-state index in [1.165, 1.54) is 3.58 Å². The van der Waals surface area contributed by atoms with Gasteiger partial charge < -0.3 is 0 Å². The highest BCUT2D eigenvalue weighted by atomic mass is 127. The van der Waals surface area contributed by atoms with Gasteiger partial charge in [0.2, 0.25) is 0 Å². The van der Waals surface area contributed by atoms with E-state index >= 15 is 0 Å². The van der Waals surface area contributed by atoms with Crippen LogP contribution in [-0.2, 0) is 0 Å². The predicted octanol–water partition coefficient (Wildman–Crippen LogP) is 3.46. The summed E-state index contributed by atoms with van der Waals surface area (Å²) in [7, 11) is 0. The second-order valence-corrected chi connectivity index (χ2v) is 2.80. The standard InChI is InChI=1S/C8H11I/c1-3-5-6-7-8(9)4-2/h3-7H,1-2H3/b5-3-,7-6-,8-4+. The molecule has 0 aromatic carbocycles. The van der Waals surface area contributed by atoms with Gasteiger partial charge in [-0.15, -0.1) is 0 Å². The first kappa shape index (κ1) is 8.95. The Hall–Kier alpha value is -0.0500. The summed E-state index contributed by atoms with van der Waals surface area (Å²) in [5.41, 5.74) is 0. The number of halogens is 1. The maximum Gasteiger partial charge on any atom is 0.00871 e. The average Bonchev–Trinajstić information content (AvgIpc) is 1.89. The fraction of sp³-hybridized carbons (Fsp3) is 0.250. The van der Waals surface area contributed by atoms with Crippen molar-refractivity contribution in [2.24, 2.45) is 0 Å². The van der Waals surface area contributed by atoms with Crippen LogP contribution in [0.3, 0.4) is 0 Å². The lowest BCUT2D eigenvalue weighted by Gasteiger charge is -1.80. The van der Waals surface area contributed by atoms with E-state index in [1.54, 1.807) is 0 Å². The molecule has 0 N–H and O–H groups in total. The van der Waals surface area contributed by atoms with Gasteiger partial charge in [0.05, 0.1) is 0 Å². The van der Waals surface area contributed by atoms with Crippen LogP contribution >= 0.6 is 22.6 Å². The molecule has 0 spiro atoms. The van der Waals surface area contributed by atoms with Gasteiger partial charge in [-0.3, -0.25) is 0 Å². The van der Waals surface area contributed by atoms with E-state index in [2.05, 4.69) is 34.7 Å². The van der Waals surface area contributed by atoms with Gasteiger partial charge in [0.25, 0.3) is 0 Å². The minimum atomic E-state index is 1.27. The molecular formula is C8H11I. The number of rotatable bonds is 2. The van der Waals surface area contributed by atoms with Crippen molar-refractivity contribution in [3.63, 3.8) is 0 Å². The molecule has 0 aliphatic heterocycles. The predicted molar refractivity (Wildman–Crippen MR) is 51.7 cm³/mol. The van der Waals surface area contributed by atoms with Crippen LogP contribution in [0, 0.1) is 0 Å². The van der Waals surface area contributed by atoms with E-state index < -0.39 is 0 Å². The molecule has 1 heteroatoms. The van der Waals surface area contributed by atoms with Gasteiger partial charge in [-0.25, -0.2) is 0 Å². The monoisotopic (exact) mass is 234 g/mol. The van der Waals surface area contributed by atoms with Gasteiger partial charge in [0.15, 0.2) is 0 Å². The highest BCUT2D eigenvalue weighted by Gasteiger charge is 1.74. The Morgan fingerprint density at radius 2 is 1.89 bits per heavy atom. The molecule has 0 amide bonds. The van der Waals surface area contributed by atoms with Gasteiger partial charge in [-0.2, -0.15) is 0 Å². The second-order valence-electron chi connectivity index (χ2n) is 1.56. The molecule has 0 aromatic heterocycles. The quantitative estimate of drug-likeness (QED) is 0.507. The van der Waals surface area contributed by atoms with Gasteiger partial charge in [-0.05, 0) is 42.5 Å². The zero-order chi connectivity index (χ0) is 7.11. The Labute approximate surface area is 70.5 Å². The Bertz CT molecular complexity index is 141. The molecule has 0 rings (SSSR count). The molecule has 0 bridgehead atoms. The number of hydrogen-bond donors (Lipinski definition) is 0. The van der Waals surface area contributed by atoms with Gasteiger partial charge >= 0.3 is 0 Å². The first-order chi connectivity index (χ1) is 4.31. The summed E-state index contributed by atoms with van der Waals surface area (Å²) < 4.78 is 1.27. The summed E-state index contributed by atoms with van der Waals surface area (Å²) >= 11 is 2.29. The lowest BCUT2D eigenvalue weighted by atomic mass is 10.4. The van der Waals surface area contributed by atoms with Crippen molar-refractivity contribution in [1.82, 2.24) is 0 Å². The van der Waals surface area contributed by atoms with Crippen LogP contribution < -0.4 is 0 Å². The molecule has 0 aromatic rings. The Morgan fingerprint density at radius 3 is 2.33 bits per heavy atom. The Morgan fingerprint density at radius 1 is 1.22 bits per heavy atom. The minimum Gasteiger partial charge on any atom is -0.0877 e. The molecule has 0 saturated carbocycles. The van der Waals surface area contributed by atoms with Crippen molar-refractivity contribution in [2.75, 3.05) is 0 Å². The summed E-state index contributed by atoms with van der Waals surface area (Å²) in [6.45, 7) is 4.04. The lowest BCUT2D eigenvalue weighted by Crippen LogP contribution is -1.55. The zero-order valence-electron chi connectivity index (χ0n) is 5.76. The van der Waals surface area contributed by atoms with Crippen LogP contribution in [-0.4, -0.2) is 0 Å². The van der Waals surface area contributed by atoms with Crippen LogP contribution in [0.15, 0.2) is 34.0 Å². The topological polar surface area (TPSA) is 0 Å². The maximum absolute atomic E-state index is 2.29. The molecule has 0 nitrogen and oxygen atoms in total. The number of allylic oxidation sites excluding steroid dienone is 6. The van der Waals surface area contributed by atoms with Crippen LogP contribution in [0.25, 0.3) is 0 Å². The second kappa shape index (κ2) is 6.08. The van der Waals surface area contributed by atoms with E-state index in [9.17, 15) is 0 Å². The normalized spacial score (nSPS) is 13.9. The Balaban J connectivity index is 3.71. The number of hydrogen-bond acceptors (Lipinski definition) is 0. The van der Waals surface area contributed by atoms with Gasteiger partial charge in [0.1, 0.15) is 0 Å². The molecule has 0 unspecified atom stereocenters. The third-order valence-corrected chi connectivity index (χ3v) is 1.82. The summed E-state index contributed by atoms with van der Waals surface area (Å²) in [5, 5.41) is 0. The molecule has 50 valence electrons. The summed E-state index contributed by atoms with van der Waals surface area (Å²) in [6, 6.07) is 0. The fourth-order valence-electron chi connectivity index (χ4n) is 0.355. The van der Waals surface area contributed by atoms with E-state index in [-0.39, 0.29) is 0 Å². The highest BCUT2D eigenvalue weighted by molar-refractivity contribution is 14.1. The molecule has 0 aliphatic rings. The summed E-state index contributed by atoms with van der Waals surface area (Å²) in [6.07, 6.45) is 10.2. The van der Waals surface area contributed by atoms with Crippen LogP contribution in [0.4, 0.5) is 0 Å². The van der Waals surface area contributed by atoms with Crippen LogP contribution in [0.5, 0.6) is 0 Å². The molecule has 0 atom stereocenters. The summed E-state index contributed by atoms with van der Waals surface area (Å²) in [4.78, 5) is 0. The average molecular weight is 234 g/mol. The third-order valence-electron chi connectivity index (χ3n) is 0.835. The fourth-order valence-corrected chi connectivity index (χ4v) is 0.562. The van der Waals surface area contributed by atoms with E-state index in [4.69, 9.17) is 0 Å². The van der Waals surface area contributed by atoms with Crippen molar-refractivity contribution >= 4 is 22.6 Å². The molecule has 9 heavy (non-hydrogen) atoms. The van der Waals surface area contributed by atoms with Crippen molar-refractivity contribution in [3.8, 4) is 0 Å². The maximum atomic E-state index is 2.29. The molecule has 0 heterocycles.